The molecule has 2 aromatic rings. The second-order valence-corrected chi connectivity index (χ2v) is 8.10. The number of nitro benzene ring substituents is 1. The molecule has 0 bridgehead atoms. The van der Waals surface area contributed by atoms with Crippen molar-refractivity contribution in [1.82, 2.24) is 4.90 Å². The Morgan fingerprint density at radius 2 is 1.77 bits per heavy atom. The highest BCUT2D eigenvalue weighted by atomic mass is 16.6. The zero-order valence-electron chi connectivity index (χ0n) is 17.8. The molecule has 2 aliphatic rings. The number of hydrogen-bond acceptors (Lipinski definition) is 5. The monoisotopic (exact) mass is 422 g/mol. The van der Waals surface area contributed by atoms with Crippen molar-refractivity contribution in [3.8, 4) is 0 Å². The molecule has 31 heavy (non-hydrogen) atoms. The van der Waals surface area contributed by atoms with Gasteiger partial charge in [0.2, 0.25) is 5.91 Å². The van der Waals surface area contributed by atoms with Gasteiger partial charge in [-0.1, -0.05) is 18.2 Å². The number of nitro groups is 1. The number of para-hydroxylation sites is 1. The van der Waals surface area contributed by atoms with Crippen LogP contribution in [0.2, 0.25) is 0 Å². The third-order valence-corrected chi connectivity index (χ3v) is 6.15. The van der Waals surface area contributed by atoms with Crippen molar-refractivity contribution in [2.45, 2.75) is 26.7 Å². The Morgan fingerprint density at radius 3 is 2.45 bits per heavy atom. The number of carbonyl (C=O) groups is 2. The van der Waals surface area contributed by atoms with Crippen molar-refractivity contribution >= 4 is 28.9 Å². The first kappa shape index (κ1) is 20.8. The maximum Gasteiger partial charge on any atom is 0.293 e. The van der Waals surface area contributed by atoms with E-state index in [4.69, 9.17) is 0 Å². The zero-order chi connectivity index (χ0) is 22.1. The maximum absolute atomic E-state index is 13.3. The number of piperazine rings is 1. The van der Waals surface area contributed by atoms with E-state index in [1.807, 2.05) is 30.0 Å². The number of rotatable bonds is 3. The molecule has 0 saturated carbocycles. The Bertz CT molecular complexity index is 1040. The summed E-state index contributed by atoms with van der Waals surface area (Å²) in [5, 5.41) is 11.8. The van der Waals surface area contributed by atoms with Gasteiger partial charge >= 0.3 is 0 Å². The molecule has 4 rings (SSSR count). The van der Waals surface area contributed by atoms with Crippen LogP contribution in [0.15, 0.2) is 36.4 Å². The van der Waals surface area contributed by atoms with Gasteiger partial charge in [0.05, 0.1) is 10.6 Å². The van der Waals surface area contributed by atoms with Crippen molar-refractivity contribution in [1.29, 1.82) is 0 Å². The predicted octanol–water partition coefficient (Wildman–Crippen LogP) is 3.16. The molecule has 1 saturated heterocycles. The number of anilines is 2. The van der Waals surface area contributed by atoms with Gasteiger partial charge in [0.25, 0.3) is 11.6 Å². The van der Waals surface area contributed by atoms with Crippen LogP contribution in [0.5, 0.6) is 0 Å². The molecule has 0 N–H and O–H groups in total. The first-order valence-electron chi connectivity index (χ1n) is 10.6. The molecule has 162 valence electrons. The first-order chi connectivity index (χ1) is 14.9. The highest BCUT2D eigenvalue weighted by molar-refractivity contribution is 6.08. The summed E-state index contributed by atoms with van der Waals surface area (Å²) in [5.41, 5.74) is 3.80. The van der Waals surface area contributed by atoms with Gasteiger partial charge in [-0.15, -0.1) is 0 Å². The van der Waals surface area contributed by atoms with Gasteiger partial charge < -0.3 is 14.7 Å². The summed E-state index contributed by atoms with van der Waals surface area (Å²) in [6.07, 6.45) is 1.79. The summed E-state index contributed by atoms with van der Waals surface area (Å²) in [5.74, 6) is -0.210. The van der Waals surface area contributed by atoms with Crippen LogP contribution in [0.1, 0.15) is 34.8 Å². The van der Waals surface area contributed by atoms with Crippen LogP contribution in [0.3, 0.4) is 0 Å². The molecule has 0 atom stereocenters. The van der Waals surface area contributed by atoms with Crippen LogP contribution >= 0.6 is 0 Å². The summed E-state index contributed by atoms with van der Waals surface area (Å²) in [7, 11) is 0. The van der Waals surface area contributed by atoms with Crippen molar-refractivity contribution in [3.63, 3.8) is 0 Å². The molecule has 2 aromatic carbocycles. The minimum absolute atomic E-state index is 0.00667. The summed E-state index contributed by atoms with van der Waals surface area (Å²) in [6, 6.07) is 10.7. The topological polar surface area (TPSA) is 87.0 Å². The average molecular weight is 422 g/mol. The van der Waals surface area contributed by atoms with Gasteiger partial charge in [0, 0.05) is 51.3 Å². The minimum atomic E-state index is -0.432. The highest BCUT2D eigenvalue weighted by Crippen LogP contribution is 2.34. The molecule has 2 aliphatic heterocycles. The number of carbonyl (C=O) groups excluding carboxylic acids is 2. The van der Waals surface area contributed by atoms with Crippen molar-refractivity contribution < 1.29 is 14.5 Å². The van der Waals surface area contributed by atoms with Crippen LogP contribution in [-0.4, -0.2) is 54.4 Å². The molecule has 2 heterocycles. The molecule has 1 fully saturated rings. The van der Waals surface area contributed by atoms with Crippen molar-refractivity contribution in [2.24, 2.45) is 0 Å². The molecule has 0 aromatic heterocycles. The fourth-order valence-electron chi connectivity index (χ4n) is 4.54. The van der Waals surface area contributed by atoms with Gasteiger partial charge in [-0.2, -0.15) is 0 Å². The van der Waals surface area contributed by atoms with Gasteiger partial charge in [0.15, 0.2) is 0 Å². The molecule has 8 nitrogen and oxygen atoms in total. The lowest BCUT2D eigenvalue weighted by molar-refractivity contribution is -0.384. The van der Waals surface area contributed by atoms with Gasteiger partial charge in [-0.3, -0.25) is 19.7 Å². The maximum atomic E-state index is 13.3. The van der Waals surface area contributed by atoms with E-state index < -0.39 is 4.92 Å². The van der Waals surface area contributed by atoms with Gasteiger partial charge in [-0.25, -0.2) is 0 Å². The summed E-state index contributed by atoms with van der Waals surface area (Å²) in [4.78, 5) is 41.7. The summed E-state index contributed by atoms with van der Waals surface area (Å²) >= 11 is 0. The third kappa shape index (κ3) is 3.97. The number of benzene rings is 2. The fourth-order valence-corrected chi connectivity index (χ4v) is 4.54. The average Bonchev–Trinajstić information content (AvgIpc) is 2.78. The number of fused-ring (bicyclic) bond motifs is 1. The molecular formula is C23H26N4O4. The Morgan fingerprint density at radius 1 is 1.03 bits per heavy atom. The van der Waals surface area contributed by atoms with E-state index in [0.29, 0.717) is 44.0 Å². The van der Waals surface area contributed by atoms with Crippen molar-refractivity contribution in [3.05, 3.63) is 63.2 Å². The molecule has 0 aliphatic carbocycles. The lowest BCUT2D eigenvalue weighted by atomic mass is 9.97. The summed E-state index contributed by atoms with van der Waals surface area (Å²) in [6.45, 7) is 6.20. The lowest BCUT2D eigenvalue weighted by Gasteiger charge is -2.35. The standard InChI is InChI=1S/C23H26N4O4/c1-16-5-3-6-18-7-4-10-26(22(16)18)23(29)19-8-9-20(21(15-19)27(30)31)25-13-11-24(12-14-25)17(2)28/h3,5-6,8-9,15H,4,7,10-14H2,1-2H3. The largest absolute Gasteiger partial charge is 0.362 e. The number of aryl methyl sites for hydroxylation is 2. The van der Waals surface area contributed by atoms with E-state index >= 15 is 0 Å². The van der Waals surface area contributed by atoms with Crippen LogP contribution < -0.4 is 9.80 Å². The van der Waals surface area contributed by atoms with E-state index in [-0.39, 0.29) is 17.5 Å². The lowest BCUT2D eigenvalue weighted by Crippen LogP contribution is -2.48. The second kappa shape index (κ2) is 8.37. The normalized spacial score (nSPS) is 16.1. The smallest absolute Gasteiger partial charge is 0.293 e. The van der Waals surface area contributed by atoms with Crippen LogP contribution in [0, 0.1) is 17.0 Å². The second-order valence-electron chi connectivity index (χ2n) is 8.10. The molecular weight excluding hydrogens is 396 g/mol. The quantitative estimate of drug-likeness (QED) is 0.560. The molecule has 0 spiro atoms. The van der Waals surface area contributed by atoms with E-state index in [0.717, 1.165) is 29.7 Å². The Hall–Kier alpha value is -3.42. The third-order valence-electron chi connectivity index (χ3n) is 6.15. The Kier molecular flexibility index (Phi) is 5.63. The predicted molar refractivity (Wildman–Crippen MR) is 119 cm³/mol. The van der Waals surface area contributed by atoms with Gasteiger partial charge in [-0.05, 0) is 43.0 Å². The van der Waals surface area contributed by atoms with E-state index in [9.17, 15) is 19.7 Å². The Labute approximate surface area is 181 Å². The number of hydrogen-bond donors (Lipinski definition) is 0. The van der Waals surface area contributed by atoms with Crippen LogP contribution in [0.25, 0.3) is 0 Å². The van der Waals surface area contributed by atoms with E-state index in [1.165, 1.54) is 13.0 Å². The molecule has 8 heteroatoms. The molecule has 2 amide bonds. The summed E-state index contributed by atoms with van der Waals surface area (Å²) < 4.78 is 0. The minimum Gasteiger partial charge on any atom is -0.362 e. The fraction of sp³-hybridized carbons (Fsp3) is 0.391. The van der Waals surface area contributed by atoms with E-state index in [2.05, 4.69) is 0 Å². The van der Waals surface area contributed by atoms with Crippen LogP contribution in [-0.2, 0) is 11.2 Å². The SMILES string of the molecule is CC(=O)N1CCN(c2ccc(C(=O)N3CCCc4cccc(C)c43)cc2[N+](=O)[O-])CC1. The molecule has 0 radical (unpaired) electrons. The first-order valence-corrected chi connectivity index (χ1v) is 10.6. The van der Waals surface area contributed by atoms with Crippen LogP contribution in [0.4, 0.5) is 17.1 Å². The number of amides is 2. The Balaban J connectivity index is 1.63. The highest BCUT2D eigenvalue weighted by Gasteiger charge is 2.29. The van der Waals surface area contributed by atoms with Crippen molar-refractivity contribution in [2.75, 3.05) is 42.5 Å². The number of nitrogens with zero attached hydrogens (tertiary/aromatic N) is 4. The van der Waals surface area contributed by atoms with E-state index in [1.54, 1.807) is 21.9 Å². The molecule has 0 unspecified atom stereocenters. The zero-order valence-corrected chi connectivity index (χ0v) is 17.8. The van der Waals surface area contributed by atoms with Gasteiger partial charge in [0.1, 0.15) is 5.69 Å².